The Kier molecular flexibility index (Phi) is 4.74. The summed E-state index contributed by atoms with van der Waals surface area (Å²) in [5, 5.41) is 0. The van der Waals surface area contributed by atoms with Crippen LogP contribution in [-0.2, 0) is 4.79 Å². The Bertz CT molecular complexity index is 598. The minimum Gasteiger partial charge on any atom is -0.482 e. The van der Waals surface area contributed by atoms with Crippen LogP contribution in [0.2, 0.25) is 0 Å². The molecule has 2 aromatic rings. The third kappa shape index (κ3) is 4.06. The molecule has 0 fully saturated rings. The van der Waals surface area contributed by atoms with Crippen molar-refractivity contribution in [2.24, 2.45) is 0 Å². The first-order chi connectivity index (χ1) is 9.54. The molecule has 0 bridgehead atoms. The van der Waals surface area contributed by atoms with Gasteiger partial charge in [0, 0.05) is 6.07 Å². The number of hydrogen-bond donors (Lipinski definition) is 0. The van der Waals surface area contributed by atoms with Gasteiger partial charge in [-0.3, -0.25) is 4.79 Å². The van der Waals surface area contributed by atoms with Crippen molar-refractivity contribution in [3.8, 4) is 17.2 Å². The van der Waals surface area contributed by atoms with Crippen molar-refractivity contribution in [1.82, 2.24) is 0 Å². The number of carbonyl (C=O) groups is 1. The van der Waals surface area contributed by atoms with Crippen LogP contribution in [0.5, 0.6) is 17.2 Å². The predicted octanol–water partition coefficient (Wildman–Crippen LogP) is 4.31. The zero-order chi connectivity index (χ0) is 14.5. The summed E-state index contributed by atoms with van der Waals surface area (Å²) >= 11 is 2.84. The van der Waals surface area contributed by atoms with Gasteiger partial charge in [-0.05, 0) is 59.3 Å². The van der Waals surface area contributed by atoms with E-state index in [2.05, 4.69) is 15.9 Å². The number of ether oxygens (including phenoxy) is 2. The van der Waals surface area contributed by atoms with Crippen LogP contribution < -0.4 is 9.47 Å². The zero-order valence-electron chi connectivity index (χ0n) is 10.7. The molecule has 0 N–H and O–H groups in total. The van der Waals surface area contributed by atoms with E-state index in [0.29, 0.717) is 17.2 Å². The van der Waals surface area contributed by atoms with Gasteiger partial charge >= 0.3 is 0 Å². The second kappa shape index (κ2) is 6.52. The highest BCUT2D eigenvalue weighted by Gasteiger charge is 2.10. The van der Waals surface area contributed by atoms with Crippen LogP contribution in [-0.4, -0.2) is 10.8 Å². The molecule has 0 spiro atoms. The summed E-state index contributed by atoms with van der Waals surface area (Å²) in [6.07, 6.45) is -0.565. The van der Waals surface area contributed by atoms with Crippen LogP contribution in [0.3, 0.4) is 0 Å². The predicted molar refractivity (Wildman–Crippen MR) is 76.9 cm³/mol. The molecule has 0 amide bonds. The van der Waals surface area contributed by atoms with Crippen molar-refractivity contribution >= 4 is 20.6 Å². The molecule has 0 aliphatic rings. The molecule has 0 aliphatic carbocycles. The highest BCUT2D eigenvalue weighted by atomic mass is 79.9. The largest absolute Gasteiger partial charge is 0.482 e. The normalized spacial score (nSPS) is 11.8. The van der Waals surface area contributed by atoms with E-state index < -0.39 is 6.10 Å². The van der Waals surface area contributed by atoms with Gasteiger partial charge < -0.3 is 9.47 Å². The van der Waals surface area contributed by atoms with E-state index >= 15 is 0 Å². The molecule has 3 nitrogen and oxygen atoms in total. The highest BCUT2D eigenvalue weighted by molar-refractivity contribution is 9.18. The Morgan fingerprint density at radius 1 is 1.10 bits per heavy atom. The van der Waals surface area contributed by atoms with Gasteiger partial charge in [0.2, 0.25) is 4.69 Å². The Hall–Kier alpha value is -1.88. The summed E-state index contributed by atoms with van der Waals surface area (Å²) < 4.78 is 23.7. The number of hydrogen-bond acceptors (Lipinski definition) is 3. The Balaban J connectivity index is 2.03. The molecule has 0 saturated carbocycles. The average molecular weight is 339 g/mol. The maximum absolute atomic E-state index is 13.0. The van der Waals surface area contributed by atoms with Gasteiger partial charge in [-0.15, -0.1) is 0 Å². The van der Waals surface area contributed by atoms with E-state index in [4.69, 9.17) is 9.47 Å². The van der Waals surface area contributed by atoms with Gasteiger partial charge in [0.1, 0.15) is 23.1 Å². The molecule has 2 aromatic carbocycles. The van der Waals surface area contributed by atoms with Crippen LogP contribution >= 0.6 is 15.9 Å². The molecule has 2 rings (SSSR count). The number of carbonyl (C=O) groups excluding carboxylic acids is 1. The fourth-order valence-electron chi connectivity index (χ4n) is 1.50. The van der Waals surface area contributed by atoms with E-state index in [0.717, 1.165) is 0 Å². The summed E-state index contributed by atoms with van der Waals surface area (Å²) in [6, 6.07) is 12.6. The fourth-order valence-corrected chi connectivity index (χ4v) is 1.60. The second-order valence-corrected chi connectivity index (χ2v) is 4.88. The van der Waals surface area contributed by atoms with Crippen molar-refractivity contribution in [2.45, 2.75) is 13.0 Å². The summed E-state index contributed by atoms with van der Waals surface area (Å²) in [4.78, 5) is 11.0. The van der Waals surface area contributed by atoms with Gasteiger partial charge in [0.15, 0.2) is 6.10 Å². The molecule has 1 unspecified atom stereocenters. The molecular weight excluding hydrogens is 327 g/mol. The van der Waals surface area contributed by atoms with Crippen molar-refractivity contribution < 1.29 is 18.7 Å². The maximum Gasteiger partial charge on any atom is 0.237 e. The van der Waals surface area contributed by atoms with E-state index in [9.17, 15) is 9.18 Å². The van der Waals surface area contributed by atoms with Crippen LogP contribution in [0.25, 0.3) is 0 Å². The molecule has 0 heterocycles. The highest BCUT2D eigenvalue weighted by Crippen LogP contribution is 2.24. The van der Waals surface area contributed by atoms with Crippen LogP contribution in [0.15, 0.2) is 48.5 Å². The van der Waals surface area contributed by atoms with Crippen molar-refractivity contribution in [3.05, 3.63) is 54.3 Å². The molecule has 20 heavy (non-hydrogen) atoms. The molecule has 0 aromatic heterocycles. The Morgan fingerprint density at radius 2 is 1.75 bits per heavy atom. The quantitative estimate of drug-likeness (QED) is 0.762. The number of halogens is 2. The summed E-state index contributed by atoms with van der Waals surface area (Å²) in [5.41, 5.74) is 0. The maximum atomic E-state index is 13.0. The number of benzene rings is 2. The van der Waals surface area contributed by atoms with E-state index in [-0.39, 0.29) is 10.5 Å². The Morgan fingerprint density at radius 3 is 2.35 bits per heavy atom. The standard InChI is InChI=1S/C15H12BrFO3/c1-10(15(16)18)19-12-5-7-13(8-6-12)20-14-4-2-3-11(17)9-14/h2-10H,1H3. The molecule has 0 aliphatic heterocycles. The second-order valence-electron chi connectivity index (χ2n) is 4.10. The molecule has 104 valence electrons. The SMILES string of the molecule is CC(Oc1ccc(Oc2cccc(F)c2)cc1)C(=O)Br. The summed E-state index contributed by atoms with van der Waals surface area (Å²) in [5.74, 6) is 1.17. The minimum atomic E-state index is -0.565. The third-order valence-electron chi connectivity index (χ3n) is 2.49. The van der Waals surface area contributed by atoms with Gasteiger partial charge in [0.05, 0.1) is 0 Å². The summed E-state index contributed by atoms with van der Waals surface area (Å²) in [6.45, 7) is 1.65. The average Bonchev–Trinajstić information content (AvgIpc) is 2.41. The van der Waals surface area contributed by atoms with Gasteiger partial charge in [-0.1, -0.05) is 6.07 Å². The van der Waals surface area contributed by atoms with Crippen molar-refractivity contribution in [3.63, 3.8) is 0 Å². The lowest BCUT2D eigenvalue weighted by atomic mass is 10.3. The first-order valence-electron chi connectivity index (χ1n) is 5.94. The smallest absolute Gasteiger partial charge is 0.237 e. The molecule has 0 saturated heterocycles. The lowest BCUT2D eigenvalue weighted by Gasteiger charge is -2.11. The van der Waals surface area contributed by atoms with E-state index in [1.54, 1.807) is 43.3 Å². The molecule has 0 radical (unpaired) electrons. The van der Waals surface area contributed by atoms with Crippen molar-refractivity contribution in [1.29, 1.82) is 0 Å². The first-order valence-corrected chi connectivity index (χ1v) is 6.73. The lowest BCUT2D eigenvalue weighted by Crippen LogP contribution is -2.18. The molecule has 1 atom stereocenters. The first kappa shape index (κ1) is 14.5. The molecular formula is C15H12BrFO3. The summed E-state index contributed by atoms with van der Waals surface area (Å²) in [7, 11) is 0. The van der Waals surface area contributed by atoms with Gasteiger partial charge in [-0.2, -0.15) is 0 Å². The van der Waals surface area contributed by atoms with Gasteiger partial charge in [-0.25, -0.2) is 4.39 Å². The minimum absolute atomic E-state index is 0.224. The lowest BCUT2D eigenvalue weighted by molar-refractivity contribution is -0.115. The zero-order valence-corrected chi connectivity index (χ0v) is 12.3. The van der Waals surface area contributed by atoms with Gasteiger partial charge in [0.25, 0.3) is 0 Å². The topological polar surface area (TPSA) is 35.5 Å². The number of rotatable bonds is 5. The fraction of sp³-hybridized carbons (Fsp3) is 0.133. The van der Waals surface area contributed by atoms with Crippen molar-refractivity contribution in [2.75, 3.05) is 0 Å². The van der Waals surface area contributed by atoms with Crippen LogP contribution in [0, 0.1) is 5.82 Å². The Labute approximate surface area is 124 Å². The molecule has 5 heteroatoms. The van der Waals surface area contributed by atoms with Crippen LogP contribution in [0.4, 0.5) is 4.39 Å². The van der Waals surface area contributed by atoms with Crippen LogP contribution in [0.1, 0.15) is 6.92 Å². The third-order valence-corrected chi connectivity index (χ3v) is 3.13. The van der Waals surface area contributed by atoms with E-state index in [1.807, 2.05) is 0 Å². The van der Waals surface area contributed by atoms with E-state index in [1.165, 1.54) is 12.1 Å². The monoisotopic (exact) mass is 338 g/mol.